The van der Waals surface area contributed by atoms with Crippen LogP contribution >= 0.6 is 11.6 Å². The van der Waals surface area contributed by atoms with Crippen LogP contribution in [0.25, 0.3) is 6.08 Å². The van der Waals surface area contributed by atoms with E-state index in [4.69, 9.17) is 21.1 Å². The second kappa shape index (κ2) is 11.0. The van der Waals surface area contributed by atoms with Crippen molar-refractivity contribution in [3.05, 3.63) is 94.0 Å². The third-order valence-electron chi connectivity index (χ3n) is 4.57. The number of halogens is 1. The van der Waals surface area contributed by atoms with Crippen LogP contribution in [0, 0.1) is 18.3 Å². The highest BCUT2D eigenvalue weighted by molar-refractivity contribution is 6.30. The first kappa shape index (κ1) is 22.9. The summed E-state index contributed by atoms with van der Waals surface area (Å²) >= 11 is 6.06. The van der Waals surface area contributed by atoms with Crippen LogP contribution < -0.4 is 14.8 Å². The number of anilines is 1. The van der Waals surface area contributed by atoms with Gasteiger partial charge in [-0.1, -0.05) is 41.4 Å². The largest absolute Gasteiger partial charge is 0.493 e. The number of nitrogens with one attached hydrogen (secondary N) is 1. The maximum absolute atomic E-state index is 12.6. The molecule has 0 heterocycles. The maximum Gasteiger partial charge on any atom is 0.266 e. The molecule has 0 unspecified atom stereocenters. The van der Waals surface area contributed by atoms with Gasteiger partial charge in [0.05, 0.1) is 6.61 Å². The molecule has 0 saturated carbocycles. The quantitative estimate of drug-likeness (QED) is 0.331. The number of hydrogen-bond donors (Lipinski definition) is 1. The summed E-state index contributed by atoms with van der Waals surface area (Å²) in [7, 11) is 0. The van der Waals surface area contributed by atoms with Gasteiger partial charge in [-0.2, -0.15) is 5.26 Å². The Balaban J connectivity index is 1.66. The fourth-order valence-electron chi connectivity index (χ4n) is 2.91. The van der Waals surface area contributed by atoms with E-state index in [9.17, 15) is 10.1 Å². The summed E-state index contributed by atoms with van der Waals surface area (Å²) in [4.78, 5) is 12.6. The minimum Gasteiger partial charge on any atom is -0.493 e. The number of carbonyl (C=O) groups is 1. The van der Waals surface area contributed by atoms with E-state index < -0.39 is 5.91 Å². The number of aryl methyl sites for hydroxylation is 1. The molecule has 0 aliphatic rings. The van der Waals surface area contributed by atoms with Crippen molar-refractivity contribution >= 4 is 29.3 Å². The summed E-state index contributed by atoms with van der Waals surface area (Å²) in [5.41, 5.74) is 3.32. The Labute approximate surface area is 192 Å². The van der Waals surface area contributed by atoms with Crippen LogP contribution in [-0.2, 0) is 11.4 Å². The highest BCUT2D eigenvalue weighted by atomic mass is 35.5. The Kier molecular flexibility index (Phi) is 7.91. The van der Waals surface area contributed by atoms with Gasteiger partial charge in [-0.05, 0) is 68.0 Å². The SMILES string of the molecule is CCOc1ccc(Cl)cc1/C=C(\C#N)C(=O)Nc1ccc(OCc2ccc(C)cc2)cc1. The molecule has 162 valence electrons. The van der Waals surface area contributed by atoms with Crippen molar-refractivity contribution in [2.45, 2.75) is 20.5 Å². The number of rotatable bonds is 8. The second-order valence-corrected chi connectivity index (χ2v) is 7.47. The third-order valence-corrected chi connectivity index (χ3v) is 4.81. The van der Waals surface area contributed by atoms with Crippen molar-refractivity contribution in [2.24, 2.45) is 0 Å². The van der Waals surface area contributed by atoms with Gasteiger partial charge < -0.3 is 14.8 Å². The summed E-state index contributed by atoms with van der Waals surface area (Å²) in [6.45, 7) is 4.80. The first-order chi connectivity index (χ1) is 15.5. The molecule has 0 aliphatic heterocycles. The lowest BCUT2D eigenvalue weighted by Crippen LogP contribution is -2.13. The zero-order valence-corrected chi connectivity index (χ0v) is 18.6. The van der Waals surface area contributed by atoms with Crippen molar-refractivity contribution in [3.8, 4) is 17.6 Å². The standard InChI is InChI=1S/C26H23ClN2O3/c1-3-31-25-13-8-22(27)15-20(25)14-21(16-28)26(30)29-23-9-11-24(12-10-23)32-17-19-6-4-18(2)5-7-19/h4-15H,3,17H2,1-2H3,(H,29,30)/b21-14+. The highest BCUT2D eigenvalue weighted by Crippen LogP contribution is 2.26. The maximum atomic E-state index is 12.6. The predicted molar refractivity (Wildman–Crippen MR) is 127 cm³/mol. The van der Waals surface area contributed by atoms with Crippen LogP contribution in [-0.4, -0.2) is 12.5 Å². The van der Waals surface area contributed by atoms with Crippen LogP contribution in [0.3, 0.4) is 0 Å². The molecule has 3 aromatic rings. The Hall–Kier alpha value is -3.75. The lowest BCUT2D eigenvalue weighted by Gasteiger charge is -2.10. The monoisotopic (exact) mass is 446 g/mol. The van der Waals surface area contributed by atoms with Crippen molar-refractivity contribution in [3.63, 3.8) is 0 Å². The number of benzene rings is 3. The molecule has 0 aromatic heterocycles. The van der Waals surface area contributed by atoms with Gasteiger partial charge in [-0.15, -0.1) is 0 Å². The zero-order valence-electron chi connectivity index (χ0n) is 17.9. The van der Waals surface area contributed by atoms with Gasteiger partial charge in [0.25, 0.3) is 5.91 Å². The van der Waals surface area contributed by atoms with Crippen LogP contribution in [0.2, 0.25) is 5.02 Å². The smallest absolute Gasteiger partial charge is 0.266 e. The molecule has 0 fully saturated rings. The van der Waals surface area contributed by atoms with E-state index in [1.807, 2.05) is 44.2 Å². The van der Waals surface area contributed by atoms with E-state index in [-0.39, 0.29) is 5.57 Å². The number of nitrogens with zero attached hydrogens (tertiary/aromatic N) is 1. The van der Waals surface area contributed by atoms with Crippen LogP contribution in [0.4, 0.5) is 5.69 Å². The Morgan fingerprint density at radius 1 is 1.06 bits per heavy atom. The Morgan fingerprint density at radius 2 is 1.78 bits per heavy atom. The molecule has 0 bridgehead atoms. The molecule has 1 N–H and O–H groups in total. The van der Waals surface area contributed by atoms with Crippen molar-refractivity contribution < 1.29 is 14.3 Å². The number of hydrogen-bond acceptors (Lipinski definition) is 4. The molecule has 5 nitrogen and oxygen atoms in total. The molecule has 0 atom stereocenters. The van der Waals surface area contributed by atoms with Crippen LogP contribution in [0.1, 0.15) is 23.6 Å². The highest BCUT2D eigenvalue weighted by Gasteiger charge is 2.12. The van der Waals surface area contributed by atoms with Crippen molar-refractivity contribution in [2.75, 3.05) is 11.9 Å². The van der Waals surface area contributed by atoms with E-state index in [1.54, 1.807) is 42.5 Å². The van der Waals surface area contributed by atoms with E-state index in [0.29, 0.717) is 41.0 Å². The predicted octanol–water partition coefficient (Wildman–Crippen LogP) is 6.17. The molecule has 0 radical (unpaired) electrons. The summed E-state index contributed by atoms with van der Waals surface area (Å²) in [5.74, 6) is 0.704. The molecule has 0 spiro atoms. The van der Waals surface area contributed by atoms with Crippen molar-refractivity contribution in [1.29, 1.82) is 5.26 Å². The summed E-state index contributed by atoms with van der Waals surface area (Å²) in [6.07, 6.45) is 1.46. The van der Waals surface area contributed by atoms with Gasteiger partial charge in [-0.3, -0.25) is 4.79 Å². The number of amides is 1. The Bertz CT molecular complexity index is 1150. The van der Waals surface area contributed by atoms with Gasteiger partial charge in [0.2, 0.25) is 0 Å². The topological polar surface area (TPSA) is 71.3 Å². The second-order valence-electron chi connectivity index (χ2n) is 7.04. The Morgan fingerprint density at radius 3 is 2.44 bits per heavy atom. The molecule has 6 heteroatoms. The zero-order chi connectivity index (χ0) is 22.9. The molecule has 0 saturated heterocycles. The number of carbonyl (C=O) groups excluding carboxylic acids is 1. The minimum atomic E-state index is -0.525. The van der Waals surface area contributed by atoms with Gasteiger partial charge in [0.15, 0.2) is 0 Å². The van der Waals surface area contributed by atoms with E-state index in [2.05, 4.69) is 5.32 Å². The third kappa shape index (κ3) is 6.37. The molecule has 1 amide bonds. The molecular formula is C26H23ClN2O3. The number of nitriles is 1. The summed E-state index contributed by atoms with van der Waals surface area (Å²) < 4.78 is 11.3. The molecular weight excluding hydrogens is 424 g/mol. The fraction of sp³-hybridized carbons (Fsp3) is 0.154. The van der Waals surface area contributed by atoms with Gasteiger partial charge >= 0.3 is 0 Å². The van der Waals surface area contributed by atoms with Crippen LogP contribution in [0.15, 0.2) is 72.3 Å². The van der Waals surface area contributed by atoms with Crippen LogP contribution in [0.5, 0.6) is 11.5 Å². The molecule has 0 aliphatic carbocycles. The fourth-order valence-corrected chi connectivity index (χ4v) is 3.09. The molecule has 3 rings (SSSR count). The van der Waals surface area contributed by atoms with E-state index in [1.165, 1.54) is 11.6 Å². The summed E-state index contributed by atoms with van der Waals surface area (Å²) in [5, 5.41) is 12.7. The molecule has 32 heavy (non-hydrogen) atoms. The lowest BCUT2D eigenvalue weighted by atomic mass is 10.1. The minimum absolute atomic E-state index is 0.0621. The van der Waals surface area contributed by atoms with Gasteiger partial charge in [0.1, 0.15) is 29.7 Å². The number of ether oxygens (including phenoxy) is 2. The molecule has 3 aromatic carbocycles. The first-order valence-electron chi connectivity index (χ1n) is 10.1. The normalized spacial score (nSPS) is 10.9. The first-order valence-corrected chi connectivity index (χ1v) is 10.5. The van der Waals surface area contributed by atoms with E-state index in [0.717, 1.165) is 5.56 Å². The van der Waals surface area contributed by atoms with Gasteiger partial charge in [0, 0.05) is 16.3 Å². The summed E-state index contributed by atoms with van der Waals surface area (Å²) in [6, 6.07) is 22.1. The van der Waals surface area contributed by atoms with Crippen molar-refractivity contribution in [1.82, 2.24) is 0 Å². The average molecular weight is 447 g/mol. The van der Waals surface area contributed by atoms with E-state index >= 15 is 0 Å². The lowest BCUT2D eigenvalue weighted by molar-refractivity contribution is -0.112. The average Bonchev–Trinajstić information content (AvgIpc) is 2.79. The van der Waals surface area contributed by atoms with Gasteiger partial charge in [-0.25, -0.2) is 0 Å².